The highest BCUT2D eigenvalue weighted by molar-refractivity contribution is 5.83. The summed E-state index contributed by atoms with van der Waals surface area (Å²) in [5.41, 5.74) is 8.34. The minimum Gasteiger partial charge on any atom is -0.480 e. The molecule has 0 saturated carbocycles. The molecule has 1 rings (SSSR count). The molecule has 4 heteroatoms. The van der Waals surface area contributed by atoms with Gasteiger partial charge >= 0.3 is 5.97 Å². The first-order chi connectivity index (χ1) is 8.90. The van der Waals surface area contributed by atoms with E-state index >= 15 is 0 Å². The molecule has 0 aliphatic heterocycles. The predicted molar refractivity (Wildman–Crippen MR) is 76.6 cm³/mol. The van der Waals surface area contributed by atoms with Crippen molar-refractivity contribution in [2.75, 3.05) is 0 Å². The molecule has 0 heterocycles. The van der Waals surface area contributed by atoms with Crippen LogP contribution in [0.15, 0.2) is 24.3 Å². The van der Waals surface area contributed by atoms with Gasteiger partial charge in [-0.2, -0.15) is 0 Å². The second-order valence-electron chi connectivity index (χ2n) is 5.15. The van der Waals surface area contributed by atoms with Gasteiger partial charge in [0, 0.05) is 5.71 Å². The van der Waals surface area contributed by atoms with Gasteiger partial charge in [-0.1, -0.05) is 38.1 Å². The first-order valence-corrected chi connectivity index (χ1v) is 6.53. The van der Waals surface area contributed by atoms with E-state index < -0.39 is 12.0 Å². The van der Waals surface area contributed by atoms with Gasteiger partial charge in [0.2, 0.25) is 0 Å². The summed E-state index contributed by atoms with van der Waals surface area (Å²) in [6.07, 6.45) is 1.96. The zero-order chi connectivity index (χ0) is 14.4. The molecule has 4 N–H and O–H groups in total. The van der Waals surface area contributed by atoms with Gasteiger partial charge in [0.15, 0.2) is 0 Å². The summed E-state index contributed by atoms with van der Waals surface area (Å²) in [7, 11) is 0. The number of nitrogens with one attached hydrogen (secondary N) is 1. The van der Waals surface area contributed by atoms with Crippen LogP contribution in [0, 0.1) is 11.3 Å². The largest absolute Gasteiger partial charge is 0.480 e. The Morgan fingerprint density at radius 1 is 1.26 bits per heavy atom. The number of carboxylic acid groups (broad SMARTS) is 1. The Kier molecular flexibility index (Phi) is 5.70. The van der Waals surface area contributed by atoms with Crippen molar-refractivity contribution in [2.45, 2.75) is 39.2 Å². The van der Waals surface area contributed by atoms with Crippen molar-refractivity contribution < 1.29 is 9.90 Å². The van der Waals surface area contributed by atoms with Crippen molar-refractivity contribution in [3.05, 3.63) is 35.4 Å². The van der Waals surface area contributed by atoms with Crippen LogP contribution in [0.4, 0.5) is 0 Å². The average Bonchev–Trinajstić information content (AvgIpc) is 2.37. The molecule has 0 fully saturated rings. The number of benzene rings is 1. The molecular formula is C15H22N2O2. The fourth-order valence-corrected chi connectivity index (χ4v) is 1.75. The van der Waals surface area contributed by atoms with Crippen molar-refractivity contribution in [3.63, 3.8) is 0 Å². The van der Waals surface area contributed by atoms with Crippen molar-refractivity contribution in [1.29, 1.82) is 5.41 Å². The van der Waals surface area contributed by atoms with Gasteiger partial charge in [-0.05, 0) is 36.3 Å². The molecule has 0 aromatic heterocycles. The third kappa shape index (κ3) is 5.22. The van der Waals surface area contributed by atoms with Crippen LogP contribution in [0.25, 0.3) is 0 Å². The first kappa shape index (κ1) is 15.4. The zero-order valence-corrected chi connectivity index (χ0v) is 11.5. The summed E-state index contributed by atoms with van der Waals surface area (Å²) in [6.45, 7) is 4.05. The van der Waals surface area contributed by atoms with Crippen molar-refractivity contribution in [3.8, 4) is 0 Å². The maximum absolute atomic E-state index is 10.7. The molecule has 0 aliphatic rings. The standard InChI is InChI=1S/C15H22N2O2/c1-10(2)13(16)8-7-11-3-5-12(6-4-11)9-14(17)15(18)19/h3-6,10,14,16H,7-9,17H2,1-2H3,(H,18,19). The van der Waals surface area contributed by atoms with E-state index in [2.05, 4.69) is 0 Å². The molecule has 1 atom stereocenters. The summed E-state index contributed by atoms with van der Waals surface area (Å²) >= 11 is 0. The van der Waals surface area contributed by atoms with Gasteiger partial charge in [0.25, 0.3) is 0 Å². The lowest BCUT2D eigenvalue weighted by Crippen LogP contribution is -2.32. The Morgan fingerprint density at radius 2 is 1.79 bits per heavy atom. The number of nitrogens with two attached hydrogens (primary N) is 1. The number of carbonyl (C=O) groups is 1. The first-order valence-electron chi connectivity index (χ1n) is 6.53. The quantitative estimate of drug-likeness (QED) is 0.659. The summed E-state index contributed by atoms with van der Waals surface area (Å²) in [6, 6.07) is 6.95. The summed E-state index contributed by atoms with van der Waals surface area (Å²) in [5.74, 6) is -0.678. The molecule has 0 aliphatic carbocycles. The number of hydrogen-bond acceptors (Lipinski definition) is 3. The Morgan fingerprint density at radius 3 is 2.26 bits per heavy atom. The maximum atomic E-state index is 10.7. The van der Waals surface area contributed by atoms with E-state index in [1.54, 1.807) is 0 Å². The van der Waals surface area contributed by atoms with Crippen LogP contribution in [0.2, 0.25) is 0 Å². The number of aliphatic carboxylic acids is 1. The lowest BCUT2D eigenvalue weighted by Gasteiger charge is -2.09. The normalized spacial score (nSPS) is 12.4. The van der Waals surface area contributed by atoms with Crippen LogP contribution in [-0.2, 0) is 17.6 Å². The van der Waals surface area contributed by atoms with Gasteiger partial charge < -0.3 is 16.2 Å². The zero-order valence-electron chi connectivity index (χ0n) is 11.5. The highest BCUT2D eigenvalue weighted by Crippen LogP contribution is 2.10. The van der Waals surface area contributed by atoms with E-state index in [1.165, 1.54) is 0 Å². The summed E-state index contributed by atoms with van der Waals surface area (Å²) in [4.78, 5) is 10.7. The molecule has 19 heavy (non-hydrogen) atoms. The van der Waals surface area contributed by atoms with E-state index in [1.807, 2.05) is 38.1 Å². The maximum Gasteiger partial charge on any atom is 0.320 e. The molecule has 4 nitrogen and oxygen atoms in total. The van der Waals surface area contributed by atoms with Gasteiger partial charge in [0.1, 0.15) is 6.04 Å². The van der Waals surface area contributed by atoms with Crippen LogP contribution in [0.3, 0.4) is 0 Å². The molecule has 0 saturated heterocycles. The van der Waals surface area contributed by atoms with Crippen LogP contribution in [0.5, 0.6) is 0 Å². The van der Waals surface area contributed by atoms with E-state index in [9.17, 15) is 4.79 Å². The predicted octanol–water partition coefficient (Wildman–Crippen LogP) is 2.25. The van der Waals surface area contributed by atoms with E-state index in [-0.39, 0.29) is 0 Å². The van der Waals surface area contributed by atoms with Gasteiger partial charge in [-0.3, -0.25) is 4.79 Å². The SMILES string of the molecule is CC(C)C(=N)CCc1ccc(CC(N)C(=O)O)cc1. The fourth-order valence-electron chi connectivity index (χ4n) is 1.75. The third-order valence-electron chi connectivity index (χ3n) is 3.18. The fraction of sp³-hybridized carbons (Fsp3) is 0.467. The highest BCUT2D eigenvalue weighted by Gasteiger charge is 2.11. The Bertz CT molecular complexity index is 438. The minimum atomic E-state index is -0.977. The molecule has 1 unspecified atom stereocenters. The van der Waals surface area contributed by atoms with Crippen LogP contribution >= 0.6 is 0 Å². The van der Waals surface area contributed by atoms with E-state index in [0.717, 1.165) is 29.7 Å². The van der Waals surface area contributed by atoms with Crippen molar-refractivity contribution >= 4 is 11.7 Å². The number of aryl methyl sites for hydroxylation is 1. The average molecular weight is 262 g/mol. The number of hydrogen-bond donors (Lipinski definition) is 3. The topological polar surface area (TPSA) is 87.2 Å². The molecule has 0 spiro atoms. The lowest BCUT2D eigenvalue weighted by atomic mass is 9.98. The number of rotatable bonds is 7. The Balaban J connectivity index is 2.52. The number of carboxylic acids is 1. The second-order valence-corrected chi connectivity index (χ2v) is 5.15. The second kappa shape index (κ2) is 7.04. The smallest absolute Gasteiger partial charge is 0.320 e. The molecule has 1 aromatic carbocycles. The van der Waals surface area contributed by atoms with E-state index in [4.69, 9.17) is 16.2 Å². The highest BCUT2D eigenvalue weighted by atomic mass is 16.4. The lowest BCUT2D eigenvalue weighted by molar-refractivity contribution is -0.138. The molecule has 104 valence electrons. The Hall–Kier alpha value is -1.68. The van der Waals surface area contributed by atoms with Crippen LogP contribution in [-0.4, -0.2) is 22.8 Å². The van der Waals surface area contributed by atoms with Crippen molar-refractivity contribution in [1.82, 2.24) is 0 Å². The van der Waals surface area contributed by atoms with Crippen LogP contribution < -0.4 is 5.73 Å². The molecule has 0 radical (unpaired) electrons. The Labute approximate surface area is 114 Å². The third-order valence-corrected chi connectivity index (χ3v) is 3.18. The molecule has 0 amide bonds. The van der Waals surface area contributed by atoms with Gasteiger partial charge in [-0.15, -0.1) is 0 Å². The molecular weight excluding hydrogens is 240 g/mol. The molecule has 0 bridgehead atoms. The van der Waals surface area contributed by atoms with Gasteiger partial charge in [0.05, 0.1) is 0 Å². The monoisotopic (exact) mass is 262 g/mol. The van der Waals surface area contributed by atoms with Gasteiger partial charge in [-0.25, -0.2) is 0 Å². The molecule has 1 aromatic rings. The summed E-state index contributed by atoms with van der Waals surface area (Å²) in [5, 5.41) is 16.5. The summed E-state index contributed by atoms with van der Waals surface area (Å²) < 4.78 is 0. The minimum absolute atomic E-state index is 0.299. The van der Waals surface area contributed by atoms with Crippen LogP contribution in [0.1, 0.15) is 31.4 Å². The van der Waals surface area contributed by atoms with E-state index in [0.29, 0.717) is 12.3 Å². The van der Waals surface area contributed by atoms with Crippen molar-refractivity contribution in [2.24, 2.45) is 11.7 Å².